The molecule has 0 unspecified atom stereocenters. The highest BCUT2D eigenvalue weighted by Gasteiger charge is 2.33. The molecule has 2 atom stereocenters. The molecule has 1 amide bonds. The van der Waals surface area contributed by atoms with Crippen LogP contribution in [-0.2, 0) is 24.8 Å². The summed E-state index contributed by atoms with van der Waals surface area (Å²) in [5.74, 6) is 0.346. The second-order valence-corrected chi connectivity index (χ2v) is 8.50. The van der Waals surface area contributed by atoms with Crippen molar-refractivity contribution in [2.24, 2.45) is 13.0 Å². The molecule has 0 aliphatic carbocycles. The van der Waals surface area contributed by atoms with E-state index in [0.29, 0.717) is 19.7 Å². The summed E-state index contributed by atoms with van der Waals surface area (Å²) in [6.07, 6.45) is 3.29. The van der Waals surface area contributed by atoms with Gasteiger partial charge in [0.15, 0.2) is 0 Å². The summed E-state index contributed by atoms with van der Waals surface area (Å²) < 4.78 is 7.83. The van der Waals surface area contributed by atoms with Crippen LogP contribution < -0.4 is 0 Å². The molecular formula is C21H25N5O2S. The predicted octanol–water partition coefficient (Wildman–Crippen LogP) is 2.87. The molecule has 1 aliphatic heterocycles. The molecule has 29 heavy (non-hydrogen) atoms. The minimum absolute atomic E-state index is 0.0814. The Morgan fingerprint density at radius 2 is 2.14 bits per heavy atom. The summed E-state index contributed by atoms with van der Waals surface area (Å²) in [5.41, 5.74) is 2.23. The van der Waals surface area contributed by atoms with Crippen LogP contribution in [0.1, 0.15) is 33.3 Å². The van der Waals surface area contributed by atoms with Crippen molar-refractivity contribution < 1.29 is 9.53 Å². The summed E-state index contributed by atoms with van der Waals surface area (Å²) in [5, 5.41) is 7.27. The number of carbonyl (C=O) groups excluding carboxylic acids is 1. The summed E-state index contributed by atoms with van der Waals surface area (Å²) in [4.78, 5) is 23.3. The first-order valence-corrected chi connectivity index (χ1v) is 10.7. The maximum atomic E-state index is 12.8. The maximum absolute atomic E-state index is 12.8. The molecule has 4 rings (SSSR count). The number of aromatic nitrogens is 4. The van der Waals surface area contributed by atoms with Crippen molar-refractivity contribution in [3.05, 3.63) is 64.1 Å². The molecule has 0 saturated carbocycles. The molecule has 8 heteroatoms. The van der Waals surface area contributed by atoms with E-state index >= 15 is 0 Å². The van der Waals surface area contributed by atoms with E-state index < -0.39 is 0 Å². The van der Waals surface area contributed by atoms with Crippen molar-refractivity contribution in [2.45, 2.75) is 32.5 Å². The average molecular weight is 412 g/mol. The van der Waals surface area contributed by atoms with Gasteiger partial charge in [0.2, 0.25) is 5.82 Å². The molecule has 7 nitrogen and oxygen atoms in total. The van der Waals surface area contributed by atoms with Crippen molar-refractivity contribution in [1.82, 2.24) is 24.6 Å². The van der Waals surface area contributed by atoms with Crippen molar-refractivity contribution in [1.29, 1.82) is 0 Å². The van der Waals surface area contributed by atoms with Crippen LogP contribution in [0.3, 0.4) is 0 Å². The Labute approximate surface area is 174 Å². The molecule has 3 aromatic rings. The van der Waals surface area contributed by atoms with Crippen LogP contribution in [0.15, 0.2) is 42.0 Å². The SMILES string of the molecule is Cc1nc(CO[C@@H]2CCN(C(=O)c3ncn(C)n3)C[C@H]2Cc2ccccc2)cs1. The Morgan fingerprint density at radius 1 is 1.31 bits per heavy atom. The lowest BCUT2D eigenvalue weighted by Gasteiger charge is -2.38. The molecule has 0 radical (unpaired) electrons. The number of likely N-dealkylation sites (tertiary alicyclic amines) is 1. The van der Waals surface area contributed by atoms with E-state index in [4.69, 9.17) is 4.74 Å². The zero-order valence-corrected chi connectivity index (χ0v) is 17.5. The number of aryl methyl sites for hydroxylation is 2. The lowest BCUT2D eigenvalue weighted by atomic mass is 9.88. The number of hydrogen-bond donors (Lipinski definition) is 0. The highest BCUT2D eigenvalue weighted by Crippen LogP contribution is 2.26. The van der Waals surface area contributed by atoms with E-state index in [0.717, 1.165) is 23.5 Å². The van der Waals surface area contributed by atoms with Crippen molar-refractivity contribution >= 4 is 17.2 Å². The first-order chi connectivity index (χ1) is 14.1. The first kappa shape index (κ1) is 19.7. The van der Waals surface area contributed by atoms with Crippen molar-refractivity contribution in [2.75, 3.05) is 13.1 Å². The van der Waals surface area contributed by atoms with Gasteiger partial charge in [-0.3, -0.25) is 9.48 Å². The zero-order valence-electron chi connectivity index (χ0n) is 16.7. The summed E-state index contributed by atoms with van der Waals surface area (Å²) in [6, 6.07) is 10.4. The molecule has 1 saturated heterocycles. The molecule has 1 aliphatic rings. The lowest BCUT2D eigenvalue weighted by molar-refractivity contribution is -0.0383. The van der Waals surface area contributed by atoms with Crippen LogP contribution in [0.2, 0.25) is 0 Å². The van der Waals surface area contributed by atoms with E-state index in [2.05, 4.69) is 27.2 Å². The van der Waals surface area contributed by atoms with Gasteiger partial charge in [0, 0.05) is 31.4 Å². The van der Waals surface area contributed by atoms with Gasteiger partial charge in [-0.2, -0.15) is 0 Å². The standard InChI is InChI=1S/C21H25N5O2S/c1-15-23-18(13-29-15)12-28-19-8-9-26(21(27)20-22-14-25(2)24-20)11-17(19)10-16-6-4-3-5-7-16/h3-7,13-14,17,19H,8-12H2,1-2H3/t17-,19-/m1/s1. The van der Waals surface area contributed by atoms with Gasteiger partial charge >= 0.3 is 0 Å². The predicted molar refractivity (Wildman–Crippen MR) is 111 cm³/mol. The second kappa shape index (κ2) is 8.84. The maximum Gasteiger partial charge on any atom is 0.293 e. The molecule has 1 fully saturated rings. The van der Waals surface area contributed by atoms with Crippen LogP contribution >= 0.6 is 11.3 Å². The van der Waals surface area contributed by atoms with E-state index in [-0.39, 0.29) is 23.8 Å². The van der Waals surface area contributed by atoms with Gasteiger partial charge in [-0.1, -0.05) is 30.3 Å². The van der Waals surface area contributed by atoms with Gasteiger partial charge in [-0.15, -0.1) is 16.4 Å². The Kier molecular flexibility index (Phi) is 6.01. The fourth-order valence-electron chi connectivity index (χ4n) is 3.77. The molecule has 2 aromatic heterocycles. The largest absolute Gasteiger partial charge is 0.371 e. The van der Waals surface area contributed by atoms with Crippen molar-refractivity contribution in [3.63, 3.8) is 0 Å². The zero-order chi connectivity index (χ0) is 20.2. The van der Waals surface area contributed by atoms with Crippen LogP contribution in [0.5, 0.6) is 0 Å². The first-order valence-electron chi connectivity index (χ1n) is 9.80. The molecule has 152 valence electrons. The van der Waals surface area contributed by atoms with E-state index in [1.54, 1.807) is 29.4 Å². The van der Waals surface area contributed by atoms with Crippen LogP contribution in [0.4, 0.5) is 0 Å². The Hall–Kier alpha value is -2.58. The van der Waals surface area contributed by atoms with E-state index in [1.807, 2.05) is 35.4 Å². The normalized spacial score (nSPS) is 19.4. The molecule has 0 bridgehead atoms. The third-order valence-corrected chi connectivity index (χ3v) is 6.02. The van der Waals surface area contributed by atoms with Crippen LogP contribution in [0, 0.1) is 12.8 Å². The highest BCUT2D eigenvalue weighted by atomic mass is 32.1. The summed E-state index contributed by atoms with van der Waals surface area (Å²) in [6.45, 7) is 3.79. The minimum atomic E-state index is -0.114. The number of benzene rings is 1. The smallest absolute Gasteiger partial charge is 0.293 e. The van der Waals surface area contributed by atoms with E-state index in [9.17, 15) is 4.79 Å². The number of ether oxygens (including phenoxy) is 1. The monoisotopic (exact) mass is 411 g/mol. The van der Waals surface area contributed by atoms with Crippen LogP contribution in [-0.4, -0.2) is 49.7 Å². The number of amides is 1. The third-order valence-electron chi connectivity index (χ3n) is 5.19. The fraction of sp³-hybridized carbons (Fsp3) is 0.429. The topological polar surface area (TPSA) is 73.1 Å². The number of hydrogen-bond acceptors (Lipinski definition) is 6. The van der Waals surface area contributed by atoms with Gasteiger partial charge < -0.3 is 9.64 Å². The number of carbonyl (C=O) groups is 1. The third kappa shape index (κ3) is 4.89. The quantitative estimate of drug-likeness (QED) is 0.624. The van der Waals surface area contributed by atoms with Gasteiger partial charge in [0.1, 0.15) is 6.33 Å². The highest BCUT2D eigenvalue weighted by molar-refractivity contribution is 7.09. The Bertz CT molecular complexity index is 955. The van der Waals surface area contributed by atoms with Crippen LogP contribution in [0.25, 0.3) is 0 Å². The average Bonchev–Trinajstić information content (AvgIpc) is 3.35. The van der Waals surface area contributed by atoms with Crippen molar-refractivity contribution in [3.8, 4) is 0 Å². The number of thiazole rings is 1. The van der Waals surface area contributed by atoms with Gasteiger partial charge in [-0.25, -0.2) is 9.97 Å². The summed E-state index contributed by atoms with van der Waals surface area (Å²) in [7, 11) is 1.77. The molecule has 1 aromatic carbocycles. The van der Waals surface area contributed by atoms with Gasteiger partial charge in [-0.05, 0) is 25.3 Å². The molecule has 0 N–H and O–H groups in total. The lowest BCUT2D eigenvalue weighted by Crippen LogP contribution is -2.47. The van der Waals surface area contributed by atoms with Gasteiger partial charge in [0.05, 0.1) is 23.4 Å². The molecule has 3 heterocycles. The number of rotatable bonds is 6. The van der Waals surface area contributed by atoms with E-state index in [1.165, 1.54) is 5.56 Å². The minimum Gasteiger partial charge on any atom is -0.371 e. The Balaban J connectivity index is 1.46. The number of nitrogens with zero attached hydrogens (tertiary/aromatic N) is 5. The van der Waals surface area contributed by atoms with Gasteiger partial charge in [0.25, 0.3) is 5.91 Å². The number of piperidine rings is 1. The molecule has 0 spiro atoms. The molecular weight excluding hydrogens is 386 g/mol. The summed E-state index contributed by atoms with van der Waals surface area (Å²) >= 11 is 1.64. The Morgan fingerprint density at radius 3 is 2.83 bits per heavy atom. The second-order valence-electron chi connectivity index (χ2n) is 7.44. The fourth-order valence-corrected chi connectivity index (χ4v) is 4.37.